The van der Waals surface area contributed by atoms with Gasteiger partial charge in [-0.1, -0.05) is 26.2 Å². The van der Waals surface area contributed by atoms with Crippen LogP contribution >= 0.6 is 0 Å². The van der Waals surface area contributed by atoms with Gasteiger partial charge in [0, 0.05) is 6.42 Å². The molecule has 0 heterocycles. The van der Waals surface area contributed by atoms with Crippen molar-refractivity contribution < 1.29 is 9.90 Å². The van der Waals surface area contributed by atoms with Gasteiger partial charge in [0.2, 0.25) is 0 Å². The number of hydrogen-bond acceptors (Lipinski definition) is 1. The van der Waals surface area contributed by atoms with Crippen molar-refractivity contribution in [2.24, 2.45) is 47.3 Å². The molecule has 4 fully saturated rings. The summed E-state index contributed by atoms with van der Waals surface area (Å²) >= 11 is 0. The molecule has 0 radical (unpaired) electrons. The topological polar surface area (TPSA) is 37.3 Å². The molecule has 8 unspecified atom stereocenters. The van der Waals surface area contributed by atoms with Crippen LogP contribution in [0.3, 0.4) is 0 Å². The maximum absolute atomic E-state index is 10.9. The molecule has 1 N–H and O–H groups in total. The number of rotatable bonds is 4. The molecule has 0 saturated heterocycles. The third-order valence-electron chi connectivity index (χ3n) is 8.80. The molecule has 0 aromatic heterocycles. The Bertz CT molecular complexity index is 459. The van der Waals surface area contributed by atoms with Gasteiger partial charge in [-0.15, -0.1) is 0 Å². The first-order valence-electron chi connectivity index (χ1n) is 10.9. The van der Waals surface area contributed by atoms with Gasteiger partial charge in [0.25, 0.3) is 0 Å². The van der Waals surface area contributed by atoms with E-state index in [0.717, 1.165) is 47.8 Å². The van der Waals surface area contributed by atoms with Gasteiger partial charge < -0.3 is 5.11 Å². The van der Waals surface area contributed by atoms with Gasteiger partial charge in [-0.05, 0) is 98.7 Å². The number of aliphatic carboxylic acids is 1. The summed E-state index contributed by atoms with van der Waals surface area (Å²) in [7, 11) is 0. The van der Waals surface area contributed by atoms with Gasteiger partial charge >= 0.3 is 5.97 Å². The minimum absolute atomic E-state index is 0.366. The molecule has 0 spiro atoms. The lowest BCUT2D eigenvalue weighted by atomic mass is 9.53. The fourth-order valence-electron chi connectivity index (χ4n) is 7.80. The van der Waals surface area contributed by atoms with E-state index >= 15 is 0 Å². The van der Waals surface area contributed by atoms with Gasteiger partial charge in [0.05, 0.1) is 0 Å². The van der Waals surface area contributed by atoms with Crippen molar-refractivity contribution >= 4 is 5.97 Å². The number of carboxylic acids is 1. The highest BCUT2D eigenvalue weighted by atomic mass is 16.4. The molecular formula is C22H36O2. The average molecular weight is 333 g/mol. The monoisotopic (exact) mass is 332 g/mol. The van der Waals surface area contributed by atoms with E-state index in [2.05, 4.69) is 6.92 Å². The van der Waals surface area contributed by atoms with Crippen LogP contribution in [0.5, 0.6) is 0 Å². The lowest BCUT2D eigenvalue weighted by Gasteiger charge is -2.52. The summed E-state index contributed by atoms with van der Waals surface area (Å²) in [4.78, 5) is 10.9. The highest BCUT2D eigenvalue weighted by Gasteiger charge is 2.51. The van der Waals surface area contributed by atoms with Crippen LogP contribution in [0.2, 0.25) is 0 Å². The number of hydrogen-bond donors (Lipinski definition) is 1. The molecule has 0 amide bonds. The SMILES string of the molecule is CC(CCC(=O)O)C1CCC2C1CCC1C3CCCCC3CCC12. The van der Waals surface area contributed by atoms with Crippen LogP contribution in [0.15, 0.2) is 0 Å². The van der Waals surface area contributed by atoms with Gasteiger partial charge in [-0.3, -0.25) is 4.79 Å². The Morgan fingerprint density at radius 2 is 1.46 bits per heavy atom. The summed E-state index contributed by atoms with van der Waals surface area (Å²) in [6, 6.07) is 0. The third-order valence-corrected chi connectivity index (χ3v) is 8.80. The fraction of sp³-hybridized carbons (Fsp3) is 0.955. The molecule has 0 bridgehead atoms. The summed E-state index contributed by atoms with van der Waals surface area (Å²) in [5.41, 5.74) is 0. The first-order chi connectivity index (χ1) is 11.6. The van der Waals surface area contributed by atoms with E-state index in [-0.39, 0.29) is 0 Å². The standard InChI is InChI=1S/C22H36O2/c1-14(6-13-22(23)24)16-9-10-21-18(16)11-12-19-17-5-3-2-4-15(17)7-8-20(19)21/h14-21H,2-13H2,1H3,(H,23,24). The van der Waals surface area contributed by atoms with Crippen molar-refractivity contribution in [2.75, 3.05) is 0 Å². The van der Waals surface area contributed by atoms with Gasteiger partial charge in [0.15, 0.2) is 0 Å². The number of carboxylic acid groups (broad SMARTS) is 1. The van der Waals surface area contributed by atoms with Crippen LogP contribution in [0.4, 0.5) is 0 Å². The smallest absolute Gasteiger partial charge is 0.303 e. The quantitative estimate of drug-likeness (QED) is 0.711. The maximum Gasteiger partial charge on any atom is 0.303 e. The Balaban J connectivity index is 1.42. The zero-order chi connectivity index (χ0) is 16.7. The lowest BCUT2D eigenvalue weighted by Crippen LogP contribution is -2.44. The van der Waals surface area contributed by atoms with Gasteiger partial charge in [-0.2, -0.15) is 0 Å². The van der Waals surface area contributed by atoms with Crippen LogP contribution in [-0.2, 0) is 4.79 Å². The average Bonchev–Trinajstić information content (AvgIpc) is 3.03. The highest BCUT2D eigenvalue weighted by molar-refractivity contribution is 5.66. The van der Waals surface area contributed by atoms with Crippen molar-refractivity contribution in [3.05, 3.63) is 0 Å². The van der Waals surface area contributed by atoms with Crippen LogP contribution in [-0.4, -0.2) is 11.1 Å². The minimum atomic E-state index is -0.615. The summed E-state index contributed by atoms with van der Waals surface area (Å²) in [5.74, 6) is 6.95. The second-order valence-corrected chi connectivity index (χ2v) is 9.67. The van der Waals surface area contributed by atoms with Crippen LogP contribution in [0, 0.1) is 47.3 Å². The maximum atomic E-state index is 10.9. The third kappa shape index (κ3) is 3.03. The van der Waals surface area contributed by atoms with Gasteiger partial charge in [0.1, 0.15) is 0 Å². The first kappa shape index (κ1) is 16.9. The molecule has 4 rings (SSSR count). The second-order valence-electron chi connectivity index (χ2n) is 9.67. The van der Waals surface area contributed by atoms with Crippen molar-refractivity contribution in [1.82, 2.24) is 0 Å². The number of carbonyl (C=O) groups is 1. The Kier molecular flexibility index (Phi) is 4.93. The zero-order valence-corrected chi connectivity index (χ0v) is 15.5. The summed E-state index contributed by atoms with van der Waals surface area (Å²) in [6.45, 7) is 2.33. The van der Waals surface area contributed by atoms with Crippen molar-refractivity contribution in [3.63, 3.8) is 0 Å². The largest absolute Gasteiger partial charge is 0.481 e. The fourth-order valence-corrected chi connectivity index (χ4v) is 7.80. The minimum Gasteiger partial charge on any atom is -0.481 e. The molecule has 2 nitrogen and oxygen atoms in total. The van der Waals surface area contributed by atoms with Gasteiger partial charge in [-0.25, -0.2) is 0 Å². The van der Waals surface area contributed by atoms with E-state index in [1.807, 2.05) is 0 Å². The summed E-state index contributed by atoms with van der Waals surface area (Å²) in [5, 5.41) is 9.00. The summed E-state index contributed by atoms with van der Waals surface area (Å²) in [6.07, 6.45) is 16.1. The van der Waals surface area contributed by atoms with E-state index in [1.54, 1.807) is 0 Å². The Labute approximate surface area is 147 Å². The molecule has 0 aromatic carbocycles. The molecular weight excluding hydrogens is 296 g/mol. The Hall–Kier alpha value is -0.530. The normalized spacial score (nSPS) is 45.8. The molecule has 0 aliphatic heterocycles. The van der Waals surface area contributed by atoms with Crippen LogP contribution in [0.1, 0.15) is 84.0 Å². The predicted octanol–water partition coefficient (Wildman–Crippen LogP) is 5.76. The Morgan fingerprint density at radius 1 is 0.833 bits per heavy atom. The van der Waals surface area contributed by atoms with E-state index in [4.69, 9.17) is 5.11 Å². The van der Waals surface area contributed by atoms with Crippen molar-refractivity contribution in [2.45, 2.75) is 84.0 Å². The van der Waals surface area contributed by atoms with E-state index in [0.29, 0.717) is 12.3 Å². The van der Waals surface area contributed by atoms with Crippen molar-refractivity contribution in [1.29, 1.82) is 0 Å². The second kappa shape index (κ2) is 7.00. The molecule has 24 heavy (non-hydrogen) atoms. The molecule has 4 aliphatic rings. The van der Waals surface area contributed by atoms with Crippen molar-refractivity contribution in [3.8, 4) is 0 Å². The molecule has 2 heteroatoms. The summed E-state index contributed by atoms with van der Waals surface area (Å²) < 4.78 is 0. The van der Waals surface area contributed by atoms with E-state index < -0.39 is 5.97 Å². The molecule has 8 atom stereocenters. The Morgan fingerprint density at radius 3 is 2.29 bits per heavy atom. The predicted molar refractivity (Wildman–Crippen MR) is 96.6 cm³/mol. The number of fused-ring (bicyclic) bond motifs is 5. The molecule has 0 aromatic rings. The van der Waals surface area contributed by atoms with Crippen LogP contribution < -0.4 is 0 Å². The zero-order valence-electron chi connectivity index (χ0n) is 15.5. The first-order valence-corrected chi connectivity index (χ1v) is 10.9. The van der Waals surface area contributed by atoms with Crippen LogP contribution in [0.25, 0.3) is 0 Å². The molecule has 4 aliphatic carbocycles. The molecule has 4 saturated carbocycles. The lowest BCUT2D eigenvalue weighted by molar-refractivity contribution is -0.137. The van der Waals surface area contributed by atoms with E-state index in [9.17, 15) is 4.79 Å². The highest BCUT2D eigenvalue weighted by Crippen LogP contribution is 2.60. The van der Waals surface area contributed by atoms with E-state index in [1.165, 1.54) is 64.2 Å². The molecule has 136 valence electrons.